The van der Waals surface area contributed by atoms with Crippen LogP contribution in [0.15, 0.2) is 23.2 Å². The Morgan fingerprint density at radius 1 is 1.17 bits per heavy atom. The van der Waals surface area contributed by atoms with Gasteiger partial charge in [-0.2, -0.15) is 0 Å². The third kappa shape index (κ3) is 7.95. The quantitative estimate of drug-likeness (QED) is 0.383. The van der Waals surface area contributed by atoms with Crippen molar-refractivity contribution in [2.45, 2.75) is 99.0 Å². The Morgan fingerprint density at radius 2 is 1.86 bits per heavy atom. The second-order valence-electron chi connectivity index (χ2n) is 9.38. The maximum atomic E-state index is 11.3. The van der Waals surface area contributed by atoms with E-state index in [-0.39, 0.29) is 6.10 Å². The Bertz CT molecular complexity index is 684. The predicted molar refractivity (Wildman–Crippen MR) is 123 cm³/mol. The molecule has 0 bridgehead atoms. The second kappa shape index (κ2) is 11.5. The number of benzene rings is 1. The number of nitrogens with zero attached hydrogens (tertiary/aromatic N) is 1. The molecule has 0 amide bonds. The topological polar surface area (TPSA) is 38.7 Å². The Labute approximate surface area is 178 Å². The lowest BCUT2D eigenvalue weighted by Gasteiger charge is -2.30. The number of hydrogen-bond donors (Lipinski definition) is 0. The van der Waals surface area contributed by atoms with Crippen LogP contribution in [0.5, 0.6) is 5.75 Å². The molecule has 0 aromatic heterocycles. The SMILES string of the molecule is CCC(=Nc1ccc(OC(C)C)cc1C)C1CCC(CC[C@H](C)CC(C)=O)CC1. The first-order valence-corrected chi connectivity index (χ1v) is 11.6. The van der Waals surface area contributed by atoms with Gasteiger partial charge < -0.3 is 9.53 Å². The van der Waals surface area contributed by atoms with E-state index >= 15 is 0 Å². The number of ketones is 1. The summed E-state index contributed by atoms with van der Waals surface area (Å²) in [6.07, 6.45) is 9.53. The van der Waals surface area contributed by atoms with Crippen molar-refractivity contribution in [3.63, 3.8) is 0 Å². The number of aryl methyl sites for hydroxylation is 1. The van der Waals surface area contributed by atoms with Crippen LogP contribution in [-0.2, 0) is 4.79 Å². The van der Waals surface area contributed by atoms with Gasteiger partial charge in [-0.3, -0.25) is 4.99 Å². The van der Waals surface area contributed by atoms with E-state index in [9.17, 15) is 4.79 Å². The van der Waals surface area contributed by atoms with Gasteiger partial charge in [0.25, 0.3) is 0 Å². The summed E-state index contributed by atoms with van der Waals surface area (Å²) in [7, 11) is 0. The van der Waals surface area contributed by atoms with E-state index in [1.165, 1.54) is 49.8 Å². The van der Waals surface area contributed by atoms with Crippen molar-refractivity contribution >= 4 is 17.2 Å². The maximum Gasteiger partial charge on any atom is 0.130 e. The molecule has 1 saturated carbocycles. The van der Waals surface area contributed by atoms with Gasteiger partial charge >= 0.3 is 0 Å². The average molecular weight is 400 g/mol. The summed E-state index contributed by atoms with van der Waals surface area (Å²) in [5.74, 6) is 3.23. The van der Waals surface area contributed by atoms with Crippen molar-refractivity contribution in [2.24, 2.45) is 22.7 Å². The van der Waals surface area contributed by atoms with Crippen LogP contribution >= 0.6 is 0 Å². The molecule has 0 N–H and O–H groups in total. The minimum atomic E-state index is 0.190. The Kier molecular flexibility index (Phi) is 9.39. The zero-order valence-electron chi connectivity index (χ0n) is 19.5. The fraction of sp³-hybridized carbons (Fsp3) is 0.692. The molecular weight excluding hydrogens is 358 g/mol. The average Bonchev–Trinajstić information content (AvgIpc) is 2.65. The van der Waals surface area contributed by atoms with Crippen LogP contribution in [-0.4, -0.2) is 17.6 Å². The van der Waals surface area contributed by atoms with Crippen LogP contribution in [0.3, 0.4) is 0 Å². The zero-order chi connectivity index (χ0) is 21.4. The molecule has 1 aromatic carbocycles. The minimum absolute atomic E-state index is 0.190. The first-order valence-electron chi connectivity index (χ1n) is 11.6. The van der Waals surface area contributed by atoms with Crippen LogP contribution < -0.4 is 4.74 Å². The summed E-state index contributed by atoms with van der Waals surface area (Å²) in [6, 6.07) is 6.24. The normalized spacial score (nSPS) is 21.3. The Hall–Kier alpha value is -1.64. The number of Topliss-reactive ketones (excluding diaryl/α,β-unsaturated/α-hetero) is 1. The van der Waals surface area contributed by atoms with E-state index in [1.807, 2.05) is 6.07 Å². The molecule has 1 atom stereocenters. The molecule has 3 heteroatoms. The van der Waals surface area contributed by atoms with Crippen molar-refractivity contribution in [3.8, 4) is 5.75 Å². The summed E-state index contributed by atoms with van der Waals surface area (Å²) in [5.41, 5.74) is 3.62. The molecule has 0 aliphatic heterocycles. The highest BCUT2D eigenvalue weighted by Gasteiger charge is 2.24. The van der Waals surface area contributed by atoms with Gasteiger partial charge in [0.2, 0.25) is 0 Å². The molecule has 0 heterocycles. The lowest BCUT2D eigenvalue weighted by atomic mass is 9.76. The van der Waals surface area contributed by atoms with Gasteiger partial charge in [0.05, 0.1) is 11.8 Å². The standard InChI is InChI=1S/C26H41NO2/c1-7-25(27-26-15-14-24(17-20(26)5)29-18(2)3)23-12-10-22(11-13-23)9-8-19(4)16-21(6)28/h14-15,17-19,22-23H,7-13,16H2,1-6H3/t19-,22?,23?/m0/s1. The second-order valence-corrected chi connectivity index (χ2v) is 9.38. The maximum absolute atomic E-state index is 11.3. The van der Waals surface area contributed by atoms with Gasteiger partial charge in [0.15, 0.2) is 0 Å². The monoisotopic (exact) mass is 399 g/mol. The van der Waals surface area contributed by atoms with E-state index in [4.69, 9.17) is 9.73 Å². The van der Waals surface area contributed by atoms with E-state index in [1.54, 1.807) is 6.92 Å². The van der Waals surface area contributed by atoms with Crippen LogP contribution in [0.2, 0.25) is 0 Å². The first-order chi connectivity index (χ1) is 13.8. The van der Waals surface area contributed by atoms with Gasteiger partial charge in [-0.25, -0.2) is 0 Å². The molecule has 1 aliphatic rings. The van der Waals surface area contributed by atoms with Crippen LogP contribution in [0.25, 0.3) is 0 Å². The van der Waals surface area contributed by atoms with Gasteiger partial charge in [0.1, 0.15) is 11.5 Å². The third-order valence-corrected chi connectivity index (χ3v) is 6.19. The highest BCUT2D eigenvalue weighted by Crippen LogP contribution is 2.35. The lowest BCUT2D eigenvalue weighted by molar-refractivity contribution is -0.117. The molecular formula is C26H41NO2. The van der Waals surface area contributed by atoms with Crippen molar-refractivity contribution in [1.82, 2.24) is 0 Å². The van der Waals surface area contributed by atoms with E-state index < -0.39 is 0 Å². The molecule has 0 radical (unpaired) electrons. The molecule has 2 rings (SSSR count). The van der Waals surface area contributed by atoms with Crippen molar-refractivity contribution < 1.29 is 9.53 Å². The third-order valence-electron chi connectivity index (χ3n) is 6.19. The summed E-state index contributed by atoms with van der Waals surface area (Å²) in [5, 5.41) is 0. The van der Waals surface area contributed by atoms with E-state index in [0.29, 0.717) is 17.6 Å². The predicted octanol–water partition coefficient (Wildman–Crippen LogP) is 7.47. The van der Waals surface area contributed by atoms with Crippen molar-refractivity contribution in [3.05, 3.63) is 23.8 Å². The molecule has 0 unspecified atom stereocenters. The number of rotatable bonds is 10. The van der Waals surface area contributed by atoms with Crippen molar-refractivity contribution in [2.75, 3.05) is 0 Å². The molecule has 1 aromatic rings. The fourth-order valence-corrected chi connectivity index (χ4v) is 4.61. The summed E-state index contributed by atoms with van der Waals surface area (Å²) >= 11 is 0. The highest BCUT2D eigenvalue weighted by atomic mass is 16.5. The molecule has 162 valence electrons. The Balaban J connectivity index is 1.92. The summed E-state index contributed by atoms with van der Waals surface area (Å²) < 4.78 is 5.80. The number of hydrogen-bond acceptors (Lipinski definition) is 3. The van der Waals surface area contributed by atoms with Gasteiger partial charge in [-0.15, -0.1) is 0 Å². The molecule has 3 nitrogen and oxygen atoms in total. The van der Waals surface area contributed by atoms with Crippen LogP contribution in [0, 0.1) is 24.7 Å². The highest BCUT2D eigenvalue weighted by molar-refractivity contribution is 5.89. The fourth-order valence-electron chi connectivity index (χ4n) is 4.61. The van der Waals surface area contributed by atoms with E-state index in [2.05, 4.69) is 46.8 Å². The molecule has 29 heavy (non-hydrogen) atoms. The summed E-state index contributed by atoms with van der Waals surface area (Å²) in [6.45, 7) is 12.4. The number of carbonyl (C=O) groups excluding carboxylic acids is 1. The lowest BCUT2D eigenvalue weighted by Crippen LogP contribution is -2.22. The Morgan fingerprint density at radius 3 is 2.41 bits per heavy atom. The van der Waals surface area contributed by atoms with Crippen LogP contribution in [0.1, 0.15) is 91.5 Å². The smallest absolute Gasteiger partial charge is 0.130 e. The molecule has 1 aliphatic carbocycles. The number of ether oxygens (including phenoxy) is 1. The van der Waals surface area contributed by atoms with Crippen molar-refractivity contribution in [1.29, 1.82) is 0 Å². The zero-order valence-corrected chi connectivity index (χ0v) is 19.5. The molecule has 0 saturated heterocycles. The minimum Gasteiger partial charge on any atom is -0.491 e. The van der Waals surface area contributed by atoms with Gasteiger partial charge in [-0.05, 0) is 101 Å². The first kappa shape index (κ1) is 23.6. The summed E-state index contributed by atoms with van der Waals surface area (Å²) in [4.78, 5) is 16.4. The molecule has 0 spiro atoms. The van der Waals surface area contributed by atoms with Gasteiger partial charge in [0, 0.05) is 12.1 Å². The molecule has 1 fully saturated rings. The largest absolute Gasteiger partial charge is 0.491 e. The number of aliphatic imine (C=N–C) groups is 1. The van der Waals surface area contributed by atoms with Crippen LogP contribution in [0.4, 0.5) is 5.69 Å². The number of carbonyl (C=O) groups is 1. The van der Waals surface area contributed by atoms with Gasteiger partial charge in [-0.1, -0.05) is 26.7 Å². The van der Waals surface area contributed by atoms with E-state index in [0.717, 1.165) is 30.2 Å².